The van der Waals surface area contributed by atoms with Gasteiger partial charge in [0.05, 0.1) is 33.6 Å². The molecule has 2 aliphatic heterocycles. The number of piperidine rings is 1. The second kappa shape index (κ2) is 11.0. The van der Waals surface area contributed by atoms with E-state index in [4.69, 9.17) is 4.98 Å². The van der Waals surface area contributed by atoms with Crippen molar-refractivity contribution in [1.29, 1.82) is 5.26 Å². The van der Waals surface area contributed by atoms with E-state index in [1.54, 1.807) is 6.20 Å². The van der Waals surface area contributed by atoms with E-state index in [0.29, 0.717) is 37.5 Å². The topological polar surface area (TPSA) is 85.2 Å². The average Bonchev–Trinajstić information content (AvgIpc) is 3.77. The number of anilines is 1. The summed E-state index contributed by atoms with van der Waals surface area (Å²) < 4.78 is 39.8. The van der Waals surface area contributed by atoms with Gasteiger partial charge in [-0.25, -0.2) is 0 Å². The number of nitrogens with zero attached hydrogens (tertiary/aromatic N) is 5. The number of amides is 1. The van der Waals surface area contributed by atoms with Crippen molar-refractivity contribution in [2.24, 2.45) is 0 Å². The molecule has 0 spiro atoms. The first kappa shape index (κ1) is 28.2. The second-order valence-corrected chi connectivity index (χ2v) is 11.8. The SMILES string of the molecule is CN1CCC(NC(=O)C2(c3ccc(-c4cccnc4C4CC4)nc3)CCN(c3ccc(C(F)(F)F)cc3C#N)CC2)C1. The molecule has 1 unspecified atom stereocenters. The zero-order valence-corrected chi connectivity index (χ0v) is 23.5. The second-order valence-electron chi connectivity index (χ2n) is 11.8. The Kier molecular flexibility index (Phi) is 7.39. The molecule has 3 fully saturated rings. The first-order valence-corrected chi connectivity index (χ1v) is 14.5. The molecule has 2 saturated heterocycles. The Morgan fingerprint density at radius 1 is 1.07 bits per heavy atom. The van der Waals surface area contributed by atoms with Gasteiger partial charge in [-0.1, -0.05) is 6.07 Å². The minimum absolute atomic E-state index is 0.0234. The fraction of sp³-hybridized carbons (Fsp3) is 0.438. The van der Waals surface area contributed by atoms with Gasteiger partial charge in [0.25, 0.3) is 0 Å². The number of likely N-dealkylation sites (tertiary alicyclic amines) is 1. The molecule has 6 rings (SSSR count). The minimum atomic E-state index is -4.53. The van der Waals surface area contributed by atoms with E-state index in [1.165, 1.54) is 6.07 Å². The third kappa shape index (κ3) is 5.45. The predicted octanol–water partition coefficient (Wildman–Crippen LogP) is 5.27. The van der Waals surface area contributed by atoms with Gasteiger partial charge in [0, 0.05) is 49.6 Å². The number of pyridine rings is 2. The zero-order chi connectivity index (χ0) is 29.5. The van der Waals surface area contributed by atoms with Crippen LogP contribution in [0, 0.1) is 11.3 Å². The summed E-state index contributed by atoms with van der Waals surface area (Å²) in [6.07, 6.45) is 3.10. The van der Waals surface area contributed by atoms with Crippen LogP contribution in [0.2, 0.25) is 0 Å². The lowest BCUT2D eigenvalue weighted by atomic mass is 9.72. The van der Waals surface area contributed by atoms with Crippen LogP contribution < -0.4 is 10.2 Å². The van der Waals surface area contributed by atoms with Gasteiger partial charge >= 0.3 is 6.18 Å². The highest BCUT2D eigenvalue weighted by Gasteiger charge is 2.45. The zero-order valence-electron chi connectivity index (χ0n) is 23.5. The molecule has 42 heavy (non-hydrogen) atoms. The Morgan fingerprint density at radius 3 is 2.48 bits per heavy atom. The van der Waals surface area contributed by atoms with Crippen LogP contribution in [0.25, 0.3) is 11.3 Å². The number of carbonyl (C=O) groups is 1. The van der Waals surface area contributed by atoms with E-state index >= 15 is 0 Å². The van der Waals surface area contributed by atoms with Gasteiger partial charge < -0.3 is 15.1 Å². The Labute approximate surface area is 243 Å². The van der Waals surface area contributed by atoms with Crippen molar-refractivity contribution in [1.82, 2.24) is 20.2 Å². The number of rotatable bonds is 6. The molecule has 1 atom stereocenters. The van der Waals surface area contributed by atoms with Crippen LogP contribution in [-0.2, 0) is 16.4 Å². The first-order valence-electron chi connectivity index (χ1n) is 14.5. The number of hydrogen-bond donors (Lipinski definition) is 1. The van der Waals surface area contributed by atoms with E-state index in [1.807, 2.05) is 48.5 Å². The molecule has 0 radical (unpaired) electrons. The van der Waals surface area contributed by atoms with E-state index in [9.17, 15) is 23.2 Å². The van der Waals surface area contributed by atoms with Gasteiger partial charge in [0.1, 0.15) is 6.07 Å². The highest BCUT2D eigenvalue weighted by atomic mass is 19.4. The maximum absolute atomic E-state index is 14.0. The van der Waals surface area contributed by atoms with E-state index < -0.39 is 17.2 Å². The third-order valence-electron chi connectivity index (χ3n) is 8.96. The van der Waals surface area contributed by atoms with Gasteiger partial charge in [-0.3, -0.25) is 14.8 Å². The van der Waals surface area contributed by atoms with Gasteiger partial charge in [0.15, 0.2) is 0 Å². The summed E-state index contributed by atoms with van der Waals surface area (Å²) in [5, 5.41) is 12.9. The summed E-state index contributed by atoms with van der Waals surface area (Å²) in [7, 11) is 2.04. The van der Waals surface area contributed by atoms with Crippen molar-refractivity contribution in [3.63, 3.8) is 0 Å². The maximum atomic E-state index is 14.0. The summed E-state index contributed by atoms with van der Waals surface area (Å²) >= 11 is 0. The quantitative estimate of drug-likeness (QED) is 0.432. The van der Waals surface area contributed by atoms with Crippen molar-refractivity contribution in [3.8, 4) is 17.3 Å². The highest BCUT2D eigenvalue weighted by molar-refractivity contribution is 5.89. The van der Waals surface area contributed by atoms with Crippen molar-refractivity contribution >= 4 is 11.6 Å². The molecule has 2 aromatic heterocycles. The number of halogens is 3. The van der Waals surface area contributed by atoms with Gasteiger partial charge in [-0.15, -0.1) is 0 Å². The van der Waals surface area contributed by atoms with Crippen LogP contribution in [-0.4, -0.2) is 60.0 Å². The summed E-state index contributed by atoms with van der Waals surface area (Å²) in [6, 6.07) is 13.2. The molecule has 1 amide bonds. The number of hydrogen-bond acceptors (Lipinski definition) is 6. The number of carbonyl (C=O) groups excluding carboxylic acids is 1. The van der Waals surface area contributed by atoms with Crippen molar-refractivity contribution in [2.45, 2.75) is 55.7 Å². The van der Waals surface area contributed by atoms with Gasteiger partial charge in [-0.05, 0) is 87.7 Å². The van der Waals surface area contributed by atoms with Crippen LogP contribution in [0.5, 0.6) is 0 Å². The summed E-state index contributed by atoms with van der Waals surface area (Å²) in [5.41, 5.74) is 2.45. The number of likely N-dealkylation sites (N-methyl/N-ethyl adjacent to an activating group) is 1. The lowest BCUT2D eigenvalue weighted by molar-refractivity contribution is -0.137. The van der Waals surface area contributed by atoms with E-state index in [2.05, 4.69) is 15.2 Å². The summed E-state index contributed by atoms with van der Waals surface area (Å²) in [4.78, 5) is 27.6. The molecule has 218 valence electrons. The fourth-order valence-corrected chi connectivity index (χ4v) is 6.38. The van der Waals surface area contributed by atoms with Crippen LogP contribution >= 0.6 is 0 Å². The molecule has 3 aliphatic rings. The average molecular weight is 575 g/mol. The maximum Gasteiger partial charge on any atom is 0.416 e. The third-order valence-corrected chi connectivity index (χ3v) is 8.96. The first-order chi connectivity index (χ1) is 20.2. The Morgan fingerprint density at radius 2 is 1.86 bits per heavy atom. The normalized spacial score (nSPS) is 20.7. The van der Waals surface area contributed by atoms with Crippen molar-refractivity contribution < 1.29 is 18.0 Å². The molecule has 3 aromatic rings. The molecule has 1 aliphatic carbocycles. The van der Waals surface area contributed by atoms with E-state index in [-0.39, 0.29) is 17.5 Å². The fourth-order valence-electron chi connectivity index (χ4n) is 6.38. The number of nitriles is 1. The monoisotopic (exact) mass is 574 g/mol. The summed E-state index contributed by atoms with van der Waals surface area (Å²) in [6.45, 7) is 2.52. The molecule has 7 nitrogen and oxygen atoms in total. The van der Waals surface area contributed by atoms with E-state index in [0.717, 1.165) is 67.0 Å². The molecule has 1 N–H and O–H groups in total. The molecule has 4 heterocycles. The molecule has 10 heteroatoms. The lowest BCUT2D eigenvalue weighted by Crippen LogP contribution is -2.54. The number of nitrogens with one attached hydrogen (secondary N) is 1. The van der Waals surface area contributed by atoms with Gasteiger partial charge in [0.2, 0.25) is 5.91 Å². The molecule has 0 bridgehead atoms. The van der Waals surface area contributed by atoms with Crippen LogP contribution in [0.4, 0.5) is 18.9 Å². The summed E-state index contributed by atoms with van der Waals surface area (Å²) in [5.74, 6) is 0.419. The predicted molar refractivity (Wildman–Crippen MR) is 153 cm³/mol. The lowest BCUT2D eigenvalue weighted by Gasteiger charge is -2.42. The van der Waals surface area contributed by atoms with Crippen LogP contribution in [0.1, 0.15) is 60.4 Å². The Hall–Kier alpha value is -3.97. The van der Waals surface area contributed by atoms with Crippen LogP contribution in [0.3, 0.4) is 0 Å². The smallest absolute Gasteiger partial charge is 0.370 e. The molecule has 1 aromatic carbocycles. The van der Waals surface area contributed by atoms with Gasteiger partial charge in [-0.2, -0.15) is 18.4 Å². The number of aromatic nitrogens is 2. The number of benzene rings is 1. The highest BCUT2D eigenvalue weighted by Crippen LogP contribution is 2.44. The van der Waals surface area contributed by atoms with Crippen molar-refractivity contribution in [3.05, 3.63) is 77.2 Å². The van der Waals surface area contributed by atoms with Crippen LogP contribution in [0.15, 0.2) is 54.9 Å². The number of alkyl halides is 3. The standard InChI is InChI=1S/C32H33F3N6O/c1-40-14-10-25(20-40)39-30(42)31(24-6-8-27(38-19-24)26-3-2-13-37-29(26)21-4-5-21)11-15-41(16-12-31)28-9-7-23(32(33,34)35)17-22(28)18-36/h2-3,6-9,13,17,19,21,25H,4-5,10-12,14-16,20H2,1H3,(H,39,42). The Balaban J connectivity index is 1.29. The Bertz CT molecular complexity index is 1500. The minimum Gasteiger partial charge on any atom is -0.370 e. The largest absolute Gasteiger partial charge is 0.416 e. The molecular formula is C32H33F3N6O. The molecular weight excluding hydrogens is 541 g/mol. The molecule has 1 saturated carbocycles. The van der Waals surface area contributed by atoms with Crippen molar-refractivity contribution in [2.75, 3.05) is 38.1 Å².